The highest BCUT2D eigenvalue weighted by Gasteiger charge is 2.24. The molecule has 0 radical (unpaired) electrons. The number of para-hydroxylation sites is 1. The Bertz CT molecular complexity index is 1560. The molecular weight excluding hydrogens is 558 g/mol. The van der Waals surface area contributed by atoms with Crippen LogP contribution < -0.4 is 9.64 Å². The Balaban J connectivity index is 1.33. The number of carboxylic acid groups (broad SMARTS) is 1. The summed E-state index contributed by atoms with van der Waals surface area (Å²) in [6.07, 6.45) is 0.799. The first-order valence-electron chi connectivity index (χ1n) is 14.8. The molecule has 0 aliphatic carbocycles. The van der Waals surface area contributed by atoms with Crippen molar-refractivity contribution in [2.75, 3.05) is 45.2 Å². The summed E-state index contributed by atoms with van der Waals surface area (Å²) in [5, 5.41) is 10.8. The number of hydrogen-bond acceptors (Lipinski definition) is 5. The van der Waals surface area contributed by atoms with Crippen molar-refractivity contribution in [3.05, 3.63) is 112 Å². The van der Waals surface area contributed by atoms with Gasteiger partial charge in [-0.1, -0.05) is 66.2 Å². The summed E-state index contributed by atoms with van der Waals surface area (Å²) >= 11 is 6.13. The lowest BCUT2D eigenvalue weighted by Crippen LogP contribution is -2.46. The molecule has 1 aliphatic rings. The van der Waals surface area contributed by atoms with E-state index in [1.165, 1.54) is 11.1 Å². The van der Waals surface area contributed by atoms with Crippen LogP contribution in [0.2, 0.25) is 5.02 Å². The van der Waals surface area contributed by atoms with Crippen molar-refractivity contribution in [1.82, 2.24) is 9.80 Å². The van der Waals surface area contributed by atoms with Crippen LogP contribution in [0.3, 0.4) is 0 Å². The van der Waals surface area contributed by atoms with Gasteiger partial charge in [-0.3, -0.25) is 4.90 Å². The molecule has 4 aromatic rings. The summed E-state index contributed by atoms with van der Waals surface area (Å²) in [7, 11) is 4.12. The minimum atomic E-state index is -0.993. The normalized spacial score (nSPS) is 14.6. The Labute approximate surface area is 260 Å². The zero-order valence-electron chi connectivity index (χ0n) is 25.4. The number of hydrogen-bond donors (Lipinski definition) is 1. The van der Waals surface area contributed by atoms with E-state index in [0.717, 1.165) is 66.5 Å². The van der Waals surface area contributed by atoms with E-state index in [1.54, 1.807) is 6.07 Å². The zero-order valence-corrected chi connectivity index (χ0v) is 26.1. The average molecular weight is 598 g/mol. The highest BCUT2D eigenvalue weighted by atomic mass is 35.5. The number of carbonyl (C=O) groups is 1. The summed E-state index contributed by atoms with van der Waals surface area (Å²) in [6.45, 7) is 8.48. The number of ether oxygens (including phenoxy) is 1. The van der Waals surface area contributed by atoms with E-state index in [2.05, 4.69) is 78.2 Å². The van der Waals surface area contributed by atoms with Crippen molar-refractivity contribution in [3.63, 3.8) is 0 Å². The maximum Gasteiger partial charge on any atom is 0.339 e. The quantitative estimate of drug-likeness (QED) is 0.203. The van der Waals surface area contributed by atoms with Crippen LogP contribution in [0.5, 0.6) is 11.5 Å². The summed E-state index contributed by atoms with van der Waals surface area (Å²) in [4.78, 5) is 19.2. The lowest BCUT2D eigenvalue weighted by atomic mass is 9.99. The Hall–Kier alpha value is -3.84. The van der Waals surface area contributed by atoms with Crippen LogP contribution in [0.1, 0.15) is 34.0 Å². The Morgan fingerprint density at radius 3 is 2.23 bits per heavy atom. The van der Waals surface area contributed by atoms with Crippen LogP contribution in [0, 0.1) is 6.92 Å². The van der Waals surface area contributed by atoms with Gasteiger partial charge in [0.25, 0.3) is 0 Å². The van der Waals surface area contributed by atoms with Gasteiger partial charge < -0.3 is 19.6 Å². The van der Waals surface area contributed by atoms with Crippen LogP contribution >= 0.6 is 11.6 Å². The first-order valence-corrected chi connectivity index (χ1v) is 15.2. The lowest BCUT2D eigenvalue weighted by molar-refractivity contribution is 0.0694. The number of benzene rings is 4. The molecule has 4 aromatic carbocycles. The fourth-order valence-electron chi connectivity index (χ4n) is 5.66. The monoisotopic (exact) mass is 597 g/mol. The number of nitrogens with zero attached hydrogens (tertiary/aromatic N) is 3. The van der Waals surface area contributed by atoms with Crippen LogP contribution in [-0.4, -0.2) is 67.2 Å². The molecule has 0 amide bonds. The second-order valence-electron chi connectivity index (χ2n) is 11.5. The molecule has 1 heterocycles. The smallest absolute Gasteiger partial charge is 0.339 e. The molecule has 1 saturated heterocycles. The third-order valence-corrected chi connectivity index (χ3v) is 8.72. The van der Waals surface area contributed by atoms with Crippen molar-refractivity contribution in [2.24, 2.45) is 0 Å². The minimum absolute atomic E-state index is 0.175. The number of halogens is 1. The molecule has 6 nitrogen and oxygen atoms in total. The maximum atomic E-state index is 12.3. The molecule has 0 aromatic heterocycles. The molecule has 0 spiro atoms. The Morgan fingerprint density at radius 2 is 1.56 bits per heavy atom. The van der Waals surface area contributed by atoms with Gasteiger partial charge in [-0.25, -0.2) is 4.79 Å². The van der Waals surface area contributed by atoms with E-state index in [9.17, 15) is 9.90 Å². The largest absolute Gasteiger partial charge is 0.478 e. The van der Waals surface area contributed by atoms with Crippen molar-refractivity contribution < 1.29 is 14.6 Å². The van der Waals surface area contributed by atoms with Crippen LogP contribution in [-0.2, 0) is 13.0 Å². The Kier molecular flexibility index (Phi) is 9.71. The average Bonchev–Trinajstić information content (AvgIpc) is 3.00. The molecule has 0 saturated carbocycles. The second kappa shape index (κ2) is 13.6. The molecule has 1 N–H and O–H groups in total. The van der Waals surface area contributed by atoms with E-state index < -0.39 is 5.97 Å². The summed E-state index contributed by atoms with van der Waals surface area (Å²) in [6, 6.07) is 28.4. The lowest BCUT2D eigenvalue weighted by Gasteiger charge is -2.37. The van der Waals surface area contributed by atoms with Gasteiger partial charge in [0.05, 0.1) is 0 Å². The number of aromatic carboxylic acids is 1. The molecule has 224 valence electrons. The van der Waals surface area contributed by atoms with E-state index in [0.29, 0.717) is 17.5 Å². The van der Waals surface area contributed by atoms with E-state index >= 15 is 0 Å². The Morgan fingerprint density at radius 1 is 0.907 bits per heavy atom. The van der Waals surface area contributed by atoms with Gasteiger partial charge in [0.15, 0.2) is 0 Å². The fourth-order valence-corrected chi connectivity index (χ4v) is 5.79. The first-order chi connectivity index (χ1) is 20.7. The van der Waals surface area contributed by atoms with Crippen molar-refractivity contribution in [1.29, 1.82) is 0 Å². The summed E-state index contributed by atoms with van der Waals surface area (Å²) < 4.78 is 6.46. The molecular formula is C36H40ClN3O3. The molecule has 1 fully saturated rings. The first kappa shape index (κ1) is 30.6. The van der Waals surface area contributed by atoms with Gasteiger partial charge in [-0.05, 0) is 86.9 Å². The highest BCUT2D eigenvalue weighted by molar-refractivity contribution is 6.30. The van der Waals surface area contributed by atoms with Gasteiger partial charge in [-0.15, -0.1) is 0 Å². The van der Waals surface area contributed by atoms with E-state index in [4.69, 9.17) is 16.3 Å². The molecule has 1 aliphatic heterocycles. The predicted octanol–water partition coefficient (Wildman–Crippen LogP) is 7.62. The van der Waals surface area contributed by atoms with Crippen molar-refractivity contribution in [3.8, 4) is 22.6 Å². The third kappa shape index (κ3) is 7.21. The second-order valence-corrected chi connectivity index (χ2v) is 12.0. The van der Waals surface area contributed by atoms with Gasteiger partial charge in [-0.2, -0.15) is 0 Å². The molecule has 5 rings (SSSR count). The van der Waals surface area contributed by atoms with Crippen LogP contribution in [0.15, 0.2) is 84.9 Å². The minimum Gasteiger partial charge on any atom is -0.478 e. The fraction of sp³-hybridized carbons (Fsp3) is 0.306. The van der Waals surface area contributed by atoms with Gasteiger partial charge in [0.2, 0.25) is 0 Å². The summed E-state index contributed by atoms with van der Waals surface area (Å²) in [5.74, 6) is 0.116. The molecule has 43 heavy (non-hydrogen) atoms. The summed E-state index contributed by atoms with van der Waals surface area (Å²) in [5.41, 5.74) is 6.77. The highest BCUT2D eigenvalue weighted by Crippen LogP contribution is 2.37. The standard InChI is InChI=1S/C36H40ClN3O3/c1-25(38(3)4)23-28-9-6-8-12-34(28)43-35-26(2)33(18-17-32(35)36(41)42)40-21-19-39(20-22-40)24-29-10-5-7-11-31(29)27-13-15-30(37)16-14-27/h5-18,25H,19-24H2,1-4H3,(H,41,42). The van der Waals surface area contributed by atoms with Gasteiger partial charge in [0, 0.05) is 55.0 Å². The number of likely N-dealkylation sites (N-methyl/N-ethyl adjacent to an activating group) is 1. The van der Waals surface area contributed by atoms with Crippen LogP contribution in [0.4, 0.5) is 5.69 Å². The van der Waals surface area contributed by atoms with Crippen molar-refractivity contribution in [2.45, 2.75) is 32.9 Å². The molecule has 0 bridgehead atoms. The van der Waals surface area contributed by atoms with Gasteiger partial charge in [0.1, 0.15) is 17.1 Å². The predicted molar refractivity (Wildman–Crippen MR) is 176 cm³/mol. The molecule has 1 atom stereocenters. The van der Waals surface area contributed by atoms with Crippen LogP contribution in [0.25, 0.3) is 11.1 Å². The SMILES string of the molecule is Cc1c(N2CCN(Cc3ccccc3-c3ccc(Cl)cc3)CC2)ccc(C(=O)O)c1Oc1ccccc1CC(C)N(C)C. The molecule has 1 unspecified atom stereocenters. The van der Waals surface area contributed by atoms with Gasteiger partial charge >= 0.3 is 5.97 Å². The number of anilines is 1. The number of piperazine rings is 1. The third-order valence-electron chi connectivity index (χ3n) is 8.47. The zero-order chi connectivity index (χ0) is 30.5. The number of rotatable bonds is 10. The topological polar surface area (TPSA) is 56.3 Å². The maximum absolute atomic E-state index is 12.3. The molecule has 7 heteroatoms. The van der Waals surface area contributed by atoms with E-state index in [-0.39, 0.29) is 5.56 Å². The van der Waals surface area contributed by atoms with E-state index in [1.807, 2.05) is 43.3 Å². The number of carboxylic acids is 1. The van der Waals surface area contributed by atoms with Crippen molar-refractivity contribution >= 4 is 23.3 Å².